The third-order valence-electron chi connectivity index (χ3n) is 3.60. The van der Waals surface area contributed by atoms with E-state index < -0.39 is 34.7 Å². The summed E-state index contributed by atoms with van der Waals surface area (Å²) in [5.74, 6) is -1.94. The highest BCUT2D eigenvalue weighted by molar-refractivity contribution is 6.05. The molecule has 0 spiro atoms. The first-order valence-electron chi connectivity index (χ1n) is 7.45. The number of alkyl halides is 3. The van der Waals surface area contributed by atoms with Crippen LogP contribution >= 0.6 is 0 Å². The molecule has 0 unspecified atom stereocenters. The van der Waals surface area contributed by atoms with Crippen LogP contribution in [-0.2, 0) is 6.18 Å². The van der Waals surface area contributed by atoms with Crippen LogP contribution in [0.5, 0.6) is 0 Å². The topological polar surface area (TPSA) is 92.7 Å². The maximum Gasteiger partial charge on any atom is 0.434 e. The molecule has 0 saturated heterocycles. The van der Waals surface area contributed by atoms with Crippen molar-refractivity contribution >= 4 is 11.6 Å². The van der Waals surface area contributed by atoms with Crippen LogP contribution in [0.4, 0.5) is 23.2 Å². The van der Waals surface area contributed by atoms with Gasteiger partial charge in [0, 0.05) is 11.8 Å². The first-order chi connectivity index (χ1) is 12.7. The Morgan fingerprint density at radius 2 is 1.96 bits per heavy atom. The Labute approximate surface area is 148 Å². The molecule has 1 aromatic carbocycles. The normalized spacial score (nSPS) is 11.4. The van der Waals surface area contributed by atoms with Gasteiger partial charge >= 0.3 is 6.18 Å². The van der Waals surface area contributed by atoms with E-state index in [1.807, 2.05) is 5.10 Å². The highest BCUT2D eigenvalue weighted by atomic mass is 19.4. The zero-order valence-corrected chi connectivity index (χ0v) is 13.6. The molecule has 140 valence electrons. The number of nitrogens with zero attached hydrogens (tertiary/aromatic N) is 3. The first-order valence-corrected chi connectivity index (χ1v) is 7.45. The minimum absolute atomic E-state index is 0.157. The Hall–Kier alpha value is -3.50. The molecule has 3 rings (SSSR count). The van der Waals surface area contributed by atoms with E-state index >= 15 is 0 Å². The molecule has 0 aliphatic carbocycles. The molecular weight excluding hydrogens is 370 g/mol. The zero-order valence-electron chi connectivity index (χ0n) is 13.6. The Kier molecular flexibility index (Phi) is 4.52. The largest absolute Gasteiger partial charge is 0.434 e. The van der Waals surface area contributed by atoms with Crippen molar-refractivity contribution in [1.82, 2.24) is 20.0 Å². The van der Waals surface area contributed by atoms with Gasteiger partial charge in [0.05, 0.1) is 11.8 Å². The second-order valence-electron chi connectivity index (χ2n) is 5.51. The van der Waals surface area contributed by atoms with E-state index in [1.165, 1.54) is 13.0 Å². The lowest BCUT2D eigenvalue weighted by molar-refractivity contribution is -0.143. The number of anilines is 1. The Morgan fingerprint density at radius 1 is 1.22 bits per heavy atom. The summed E-state index contributed by atoms with van der Waals surface area (Å²) in [6, 6.07) is 5.46. The van der Waals surface area contributed by atoms with Crippen molar-refractivity contribution in [1.29, 1.82) is 0 Å². The van der Waals surface area contributed by atoms with Gasteiger partial charge in [-0.25, -0.2) is 14.2 Å². The maximum absolute atomic E-state index is 13.5. The molecule has 0 radical (unpaired) electrons. The van der Waals surface area contributed by atoms with Gasteiger partial charge in [-0.1, -0.05) is 0 Å². The Balaban J connectivity index is 2.03. The molecule has 2 heterocycles. The number of halogens is 4. The lowest BCUT2D eigenvalue weighted by Gasteiger charge is -2.12. The van der Waals surface area contributed by atoms with E-state index in [2.05, 4.69) is 15.5 Å². The third kappa shape index (κ3) is 3.71. The quantitative estimate of drug-likeness (QED) is 0.683. The molecule has 3 aromatic rings. The molecule has 0 saturated carbocycles. The van der Waals surface area contributed by atoms with Crippen LogP contribution in [0.1, 0.15) is 21.6 Å². The fourth-order valence-electron chi connectivity index (χ4n) is 2.37. The minimum atomic E-state index is -4.93. The number of aromatic amines is 1. The van der Waals surface area contributed by atoms with Crippen LogP contribution in [0.3, 0.4) is 0 Å². The number of aryl methyl sites for hydroxylation is 1. The first kappa shape index (κ1) is 18.3. The number of carbonyl (C=O) groups is 1. The number of H-pyrrole nitrogens is 1. The number of aromatic nitrogens is 4. The molecule has 0 atom stereocenters. The lowest BCUT2D eigenvalue weighted by atomic mass is 10.1. The number of amides is 1. The summed E-state index contributed by atoms with van der Waals surface area (Å²) < 4.78 is 54.2. The van der Waals surface area contributed by atoms with Crippen molar-refractivity contribution < 1.29 is 22.4 Å². The molecule has 1 amide bonds. The van der Waals surface area contributed by atoms with Crippen molar-refractivity contribution in [2.24, 2.45) is 0 Å². The van der Waals surface area contributed by atoms with Crippen molar-refractivity contribution in [3.63, 3.8) is 0 Å². The van der Waals surface area contributed by atoms with E-state index in [-0.39, 0.29) is 11.5 Å². The monoisotopic (exact) mass is 381 g/mol. The van der Waals surface area contributed by atoms with Gasteiger partial charge in [0.15, 0.2) is 11.5 Å². The zero-order chi connectivity index (χ0) is 19.8. The Morgan fingerprint density at radius 3 is 2.56 bits per heavy atom. The van der Waals surface area contributed by atoms with Crippen molar-refractivity contribution in [2.75, 3.05) is 5.32 Å². The number of benzene rings is 1. The highest BCUT2D eigenvalue weighted by Crippen LogP contribution is 2.33. The van der Waals surface area contributed by atoms with E-state index in [4.69, 9.17) is 0 Å². The Bertz CT molecular complexity index is 1050. The summed E-state index contributed by atoms with van der Waals surface area (Å²) in [4.78, 5) is 23.4. The van der Waals surface area contributed by atoms with Crippen molar-refractivity contribution in [3.8, 4) is 5.82 Å². The van der Waals surface area contributed by atoms with Crippen LogP contribution in [0.25, 0.3) is 5.82 Å². The van der Waals surface area contributed by atoms with Crippen LogP contribution in [0.15, 0.2) is 41.3 Å². The average Bonchev–Trinajstić information content (AvgIpc) is 3.03. The van der Waals surface area contributed by atoms with Gasteiger partial charge in [0.1, 0.15) is 5.82 Å². The van der Waals surface area contributed by atoms with Gasteiger partial charge in [0.2, 0.25) is 0 Å². The van der Waals surface area contributed by atoms with E-state index in [0.29, 0.717) is 10.2 Å². The molecular formula is C16H11F4N5O2. The maximum atomic E-state index is 13.5. The minimum Gasteiger partial charge on any atom is -0.322 e. The average molecular weight is 381 g/mol. The molecule has 0 aliphatic heterocycles. The summed E-state index contributed by atoms with van der Waals surface area (Å²) in [5, 5.41) is 11.4. The van der Waals surface area contributed by atoms with E-state index in [9.17, 15) is 27.2 Å². The SMILES string of the molecule is Cc1cc(F)ccc1NC(=O)c1cnn(-c2ccc(=O)[nH]n2)c1C(F)(F)F. The van der Waals surface area contributed by atoms with E-state index in [0.717, 1.165) is 30.5 Å². The predicted octanol–water partition coefficient (Wildman–Crippen LogP) is 2.67. The number of nitrogens with one attached hydrogen (secondary N) is 2. The molecule has 27 heavy (non-hydrogen) atoms. The predicted molar refractivity (Wildman–Crippen MR) is 86.1 cm³/mol. The fourth-order valence-corrected chi connectivity index (χ4v) is 2.37. The van der Waals surface area contributed by atoms with Gasteiger partial charge in [-0.15, -0.1) is 0 Å². The van der Waals surface area contributed by atoms with Crippen LogP contribution < -0.4 is 10.9 Å². The molecule has 0 aliphatic rings. The standard InChI is InChI=1S/C16H11F4N5O2/c1-8-6-9(17)2-3-11(8)22-15(27)10-7-21-25(14(10)16(18,19)20)12-4-5-13(26)24-23-12/h2-7H,1H3,(H,22,27)(H,24,26). The van der Waals surface area contributed by atoms with Gasteiger partial charge in [-0.05, 0) is 36.8 Å². The third-order valence-corrected chi connectivity index (χ3v) is 3.60. The lowest BCUT2D eigenvalue weighted by Crippen LogP contribution is -2.22. The summed E-state index contributed by atoms with van der Waals surface area (Å²) in [6.45, 7) is 1.50. The molecule has 11 heteroatoms. The second kappa shape index (κ2) is 6.67. The fraction of sp³-hybridized carbons (Fsp3) is 0.125. The highest BCUT2D eigenvalue weighted by Gasteiger charge is 2.41. The van der Waals surface area contributed by atoms with Crippen molar-refractivity contribution in [2.45, 2.75) is 13.1 Å². The van der Waals surface area contributed by atoms with Crippen LogP contribution in [0.2, 0.25) is 0 Å². The number of rotatable bonds is 3. The summed E-state index contributed by atoms with van der Waals surface area (Å²) in [5.41, 5.74) is -2.22. The number of hydrogen-bond acceptors (Lipinski definition) is 4. The molecule has 2 aromatic heterocycles. The molecule has 0 bridgehead atoms. The molecule has 2 N–H and O–H groups in total. The summed E-state index contributed by atoms with van der Waals surface area (Å²) >= 11 is 0. The summed E-state index contributed by atoms with van der Waals surface area (Å²) in [7, 11) is 0. The summed E-state index contributed by atoms with van der Waals surface area (Å²) in [6.07, 6.45) is -4.19. The van der Waals surface area contributed by atoms with Gasteiger partial charge in [0.25, 0.3) is 11.5 Å². The molecule has 0 fully saturated rings. The number of carbonyl (C=O) groups excluding carboxylic acids is 1. The van der Waals surface area contributed by atoms with E-state index in [1.54, 1.807) is 0 Å². The molecule has 7 nitrogen and oxygen atoms in total. The number of hydrogen-bond donors (Lipinski definition) is 2. The van der Waals surface area contributed by atoms with Crippen molar-refractivity contribution in [3.05, 3.63) is 69.5 Å². The van der Waals surface area contributed by atoms with Gasteiger partial charge in [-0.3, -0.25) is 9.59 Å². The second-order valence-corrected chi connectivity index (χ2v) is 5.51. The van der Waals surface area contributed by atoms with Crippen LogP contribution in [-0.4, -0.2) is 25.9 Å². The van der Waals surface area contributed by atoms with Crippen LogP contribution in [0, 0.1) is 12.7 Å². The van der Waals surface area contributed by atoms with Gasteiger partial charge in [-0.2, -0.15) is 23.4 Å². The van der Waals surface area contributed by atoms with Gasteiger partial charge < -0.3 is 5.32 Å². The smallest absolute Gasteiger partial charge is 0.322 e.